The van der Waals surface area contributed by atoms with Gasteiger partial charge >= 0.3 is 0 Å². The van der Waals surface area contributed by atoms with E-state index in [1.807, 2.05) is 60.2 Å². The third-order valence-electron chi connectivity index (χ3n) is 4.87. The lowest BCUT2D eigenvalue weighted by molar-refractivity contribution is -0.129. The maximum atomic E-state index is 12.6. The third-order valence-corrected chi connectivity index (χ3v) is 4.87. The van der Waals surface area contributed by atoms with Gasteiger partial charge in [-0.25, -0.2) is 0 Å². The zero-order valence-electron chi connectivity index (χ0n) is 16.0. The Balaban J connectivity index is 1.54. The van der Waals surface area contributed by atoms with Crippen LogP contribution in [0.5, 0.6) is 0 Å². The summed E-state index contributed by atoms with van der Waals surface area (Å²) in [6.07, 6.45) is 3.97. The van der Waals surface area contributed by atoms with Crippen molar-refractivity contribution < 1.29 is 9.59 Å². The van der Waals surface area contributed by atoms with Crippen molar-refractivity contribution >= 4 is 11.8 Å². The van der Waals surface area contributed by atoms with E-state index in [0.29, 0.717) is 32.6 Å². The average Bonchev–Trinajstić information content (AvgIpc) is 3.28. The normalized spacial score (nSPS) is 16.9. The molecular formula is C20H27N5O2. The van der Waals surface area contributed by atoms with Gasteiger partial charge in [0.1, 0.15) is 0 Å². The average molecular weight is 369 g/mol. The fraction of sp³-hybridized carbons (Fsp3) is 0.450. The summed E-state index contributed by atoms with van der Waals surface area (Å²) in [7, 11) is 3.96. The van der Waals surface area contributed by atoms with Gasteiger partial charge in [-0.1, -0.05) is 24.3 Å². The molecule has 0 saturated carbocycles. The van der Waals surface area contributed by atoms with Crippen LogP contribution in [0, 0.1) is 5.92 Å². The highest BCUT2D eigenvalue weighted by Crippen LogP contribution is 2.18. The minimum Gasteiger partial charge on any atom is -0.352 e. The van der Waals surface area contributed by atoms with Gasteiger partial charge in [-0.15, -0.1) is 0 Å². The van der Waals surface area contributed by atoms with Crippen molar-refractivity contribution in [3.05, 3.63) is 53.9 Å². The van der Waals surface area contributed by atoms with Crippen molar-refractivity contribution in [3.8, 4) is 0 Å². The van der Waals surface area contributed by atoms with Crippen molar-refractivity contribution in [3.63, 3.8) is 0 Å². The fourth-order valence-corrected chi connectivity index (χ4v) is 3.26. The first-order valence-electron chi connectivity index (χ1n) is 9.27. The molecule has 1 N–H and O–H groups in total. The van der Waals surface area contributed by atoms with Crippen molar-refractivity contribution in [2.45, 2.75) is 19.5 Å². The van der Waals surface area contributed by atoms with E-state index in [4.69, 9.17) is 0 Å². The number of nitrogens with one attached hydrogen (secondary N) is 1. The lowest BCUT2D eigenvalue weighted by Gasteiger charge is -2.19. The van der Waals surface area contributed by atoms with E-state index in [2.05, 4.69) is 10.4 Å². The van der Waals surface area contributed by atoms with Crippen molar-refractivity contribution in [1.29, 1.82) is 0 Å². The predicted molar refractivity (Wildman–Crippen MR) is 103 cm³/mol. The van der Waals surface area contributed by atoms with Gasteiger partial charge < -0.3 is 15.1 Å². The first kappa shape index (κ1) is 19.1. The topological polar surface area (TPSA) is 70.5 Å². The van der Waals surface area contributed by atoms with E-state index in [-0.39, 0.29) is 17.7 Å². The summed E-state index contributed by atoms with van der Waals surface area (Å²) in [6.45, 7) is 3.11. The van der Waals surface area contributed by atoms with Crippen LogP contribution in [-0.2, 0) is 22.7 Å². The maximum absolute atomic E-state index is 12.6. The second-order valence-electron chi connectivity index (χ2n) is 7.23. The van der Waals surface area contributed by atoms with Gasteiger partial charge in [-0.2, -0.15) is 5.10 Å². The number of hydrogen-bond acceptors (Lipinski definition) is 4. The molecule has 1 saturated heterocycles. The van der Waals surface area contributed by atoms with E-state index >= 15 is 0 Å². The Morgan fingerprint density at radius 3 is 2.74 bits per heavy atom. The van der Waals surface area contributed by atoms with Gasteiger partial charge in [0.2, 0.25) is 11.8 Å². The summed E-state index contributed by atoms with van der Waals surface area (Å²) in [5.74, 6) is -0.251. The quantitative estimate of drug-likeness (QED) is 0.752. The Hall–Kier alpha value is -2.67. The number of nitrogens with zero attached hydrogens (tertiary/aromatic N) is 4. The SMILES string of the molecule is CN(C)CCN1C[C@H](C(=O)NCc2ccccc2Cn2cccn2)CC1=O. The maximum Gasteiger partial charge on any atom is 0.225 e. The van der Waals surface area contributed by atoms with Gasteiger partial charge in [-0.3, -0.25) is 14.3 Å². The van der Waals surface area contributed by atoms with Gasteiger partial charge in [0.25, 0.3) is 0 Å². The minimum atomic E-state index is -0.266. The minimum absolute atomic E-state index is 0.0513. The van der Waals surface area contributed by atoms with Crippen LogP contribution >= 0.6 is 0 Å². The van der Waals surface area contributed by atoms with Crippen molar-refractivity contribution in [2.24, 2.45) is 5.92 Å². The van der Waals surface area contributed by atoms with E-state index in [1.165, 1.54) is 0 Å². The summed E-state index contributed by atoms with van der Waals surface area (Å²) < 4.78 is 1.86. The zero-order valence-corrected chi connectivity index (χ0v) is 16.0. The Morgan fingerprint density at radius 1 is 1.26 bits per heavy atom. The monoisotopic (exact) mass is 369 g/mol. The van der Waals surface area contributed by atoms with E-state index in [1.54, 1.807) is 11.1 Å². The van der Waals surface area contributed by atoms with Crippen LogP contribution < -0.4 is 5.32 Å². The Bertz CT molecular complexity index is 772. The van der Waals surface area contributed by atoms with Crippen LogP contribution in [0.15, 0.2) is 42.7 Å². The standard InChI is InChI=1S/C20H27N5O2/c1-23(2)10-11-24-14-18(12-19(24)26)20(27)21-13-16-6-3-4-7-17(16)15-25-9-5-8-22-25/h3-9,18H,10-15H2,1-2H3,(H,21,27)/t18-/m1/s1. The summed E-state index contributed by atoms with van der Waals surface area (Å²) in [4.78, 5) is 28.5. The third kappa shape index (κ3) is 5.17. The number of amides is 2. The van der Waals surface area contributed by atoms with Crippen LogP contribution in [0.4, 0.5) is 0 Å². The van der Waals surface area contributed by atoms with Gasteiger partial charge in [-0.05, 0) is 31.3 Å². The Labute approximate surface area is 159 Å². The highest BCUT2D eigenvalue weighted by molar-refractivity contribution is 5.89. The molecule has 1 aliphatic heterocycles. The summed E-state index contributed by atoms with van der Waals surface area (Å²) >= 11 is 0. The number of benzene rings is 1. The molecule has 3 rings (SSSR count). The van der Waals surface area contributed by atoms with Gasteiger partial charge in [0, 0.05) is 45.0 Å². The number of likely N-dealkylation sites (tertiary alicyclic amines) is 1. The summed E-state index contributed by atoms with van der Waals surface area (Å²) in [6, 6.07) is 9.91. The Morgan fingerprint density at radius 2 is 2.04 bits per heavy atom. The largest absolute Gasteiger partial charge is 0.352 e. The van der Waals surface area contributed by atoms with Crippen molar-refractivity contribution in [2.75, 3.05) is 33.7 Å². The van der Waals surface area contributed by atoms with E-state index in [9.17, 15) is 9.59 Å². The Kier molecular flexibility index (Phi) is 6.24. The first-order valence-corrected chi connectivity index (χ1v) is 9.27. The molecule has 0 spiro atoms. The molecule has 2 amide bonds. The number of carbonyl (C=O) groups excluding carboxylic acids is 2. The number of rotatable bonds is 8. The lowest BCUT2D eigenvalue weighted by Crippen LogP contribution is -2.35. The van der Waals surface area contributed by atoms with Gasteiger partial charge in [0.05, 0.1) is 12.5 Å². The highest BCUT2D eigenvalue weighted by atomic mass is 16.2. The number of likely N-dealkylation sites (N-methyl/N-ethyl adjacent to an activating group) is 1. The van der Waals surface area contributed by atoms with E-state index < -0.39 is 0 Å². The van der Waals surface area contributed by atoms with Crippen molar-refractivity contribution in [1.82, 2.24) is 24.9 Å². The molecule has 2 aromatic rings. The lowest BCUT2D eigenvalue weighted by atomic mass is 10.1. The highest BCUT2D eigenvalue weighted by Gasteiger charge is 2.33. The second kappa shape index (κ2) is 8.81. The molecule has 1 atom stereocenters. The summed E-state index contributed by atoms with van der Waals surface area (Å²) in [5, 5.41) is 7.25. The predicted octanol–water partition coefficient (Wildman–Crippen LogP) is 0.958. The van der Waals surface area contributed by atoms with Crippen LogP contribution in [0.2, 0.25) is 0 Å². The van der Waals surface area contributed by atoms with Gasteiger partial charge in [0.15, 0.2) is 0 Å². The molecule has 2 heterocycles. The smallest absolute Gasteiger partial charge is 0.225 e. The molecule has 7 nitrogen and oxygen atoms in total. The molecule has 1 aliphatic rings. The molecule has 0 radical (unpaired) electrons. The first-order chi connectivity index (χ1) is 13.0. The van der Waals surface area contributed by atoms with Crippen LogP contribution in [0.1, 0.15) is 17.5 Å². The molecule has 1 aromatic heterocycles. The molecule has 0 aliphatic carbocycles. The van der Waals surface area contributed by atoms with E-state index in [0.717, 1.165) is 17.7 Å². The number of carbonyl (C=O) groups is 2. The zero-order chi connectivity index (χ0) is 19.2. The summed E-state index contributed by atoms with van der Waals surface area (Å²) in [5.41, 5.74) is 2.19. The molecule has 144 valence electrons. The second-order valence-corrected chi connectivity index (χ2v) is 7.23. The molecule has 27 heavy (non-hydrogen) atoms. The fourth-order valence-electron chi connectivity index (χ4n) is 3.26. The van der Waals surface area contributed by atoms with Crippen LogP contribution in [-0.4, -0.2) is 65.1 Å². The number of aromatic nitrogens is 2. The molecular weight excluding hydrogens is 342 g/mol. The molecule has 1 aromatic carbocycles. The van der Waals surface area contributed by atoms with Crippen LogP contribution in [0.3, 0.4) is 0 Å². The molecule has 0 bridgehead atoms. The number of hydrogen-bond donors (Lipinski definition) is 1. The van der Waals surface area contributed by atoms with Crippen LogP contribution in [0.25, 0.3) is 0 Å². The molecule has 7 heteroatoms. The molecule has 0 unspecified atom stereocenters. The molecule has 1 fully saturated rings.